The zero-order valence-corrected chi connectivity index (χ0v) is 11.5. The molecule has 21 heavy (non-hydrogen) atoms. The molecule has 0 saturated carbocycles. The van der Waals surface area contributed by atoms with Gasteiger partial charge in [-0.2, -0.15) is 5.10 Å². The Morgan fingerprint density at radius 2 is 2.14 bits per heavy atom. The minimum absolute atomic E-state index is 0.154. The van der Waals surface area contributed by atoms with Crippen LogP contribution in [0, 0.1) is 12.3 Å². The molecule has 0 bridgehead atoms. The third-order valence-electron chi connectivity index (χ3n) is 2.87. The first kappa shape index (κ1) is 14.3. The molecule has 3 N–H and O–H groups in total. The maximum absolute atomic E-state index is 11.2. The van der Waals surface area contributed by atoms with Gasteiger partial charge in [-0.15, -0.1) is 6.42 Å². The number of aldehydes is 1. The van der Waals surface area contributed by atoms with Crippen molar-refractivity contribution < 1.29 is 9.59 Å². The Kier molecular flexibility index (Phi) is 4.05. The van der Waals surface area contributed by atoms with Crippen molar-refractivity contribution in [3.63, 3.8) is 0 Å². The van der Waals surface area contributed by atoms with Crippen LogP contribution in [0.2, 0.25) is 0 Å². The van der Waals surface area contributed by atoms with Crippen molar-refractivity contribution in [3.05, 3.63) is 29.8 Å². The fraction of sp³-hybridized carbons (Fsp3) is 0.133. The van der Waals surface area contributed by atoms with Crippen LogP contribution in [-0.2, 0) is 11.3 Å². The number of rotatable bonds is 4. The van der Waals surface area contributed by atoms with Crippen molar-refractivity contribution in [2.45, 2.75) is 13.5 Å². The number of nitrogens with two attached hydrogens (primary N) is 1. The van der Waals surface area contributed by atoms with Gasteiger partial charge in [0.25, 0.3) is 0 Å². The second-order valence-corrected chi connectivity index (χ2v) is 4.39. The zero-order valence-electron chi connectivity index (χ0n) is 11.5. The lowest BCUT2D eigenvalue weighted by atomic mass is 10.1. The van der Waals surface area contributed by atoms with Gasteiger partial charge in [-0.25, -0.2) is 4.68 Å². The van der Waals surface area contributed by atoms with E-state index in [4.69, 9.17) is 12.2 Å². The van der Waals surface area contributed by atoms with E-state index in [1.807, 2.05) is 0 Å². The van der Waals surface area contributed by atoms with Gasteiger partial charge in [0, 0.05) is 18.2 Å². The molecule has 1 heterocycles. The second kappa shape index (κ2) is 5.92. The monoisotopic (exact) mass is 282 g/mol. The van der Waals surface area contributed by atoms with E-state index < -0.39 is 0 Å². The Morgan fingerprint density at radius 3 is 2.67 bits per heavy atom. The highest BCUT2D eigenvalue weighted by molar-refractivity contribution is 5.92. The first-order valence-electron chi connectivity index (χ1n) is 6.19. The van der Waals surface area contributed by atoms with E-state index in [9.17, 15) is 9.59 Å². The predicted octanol–water partition coefficient (Wildman–Crippen LogP) is 1.54. The van der Waals surface area contributed by atoms with Gasteiger partial charge in [-0.05, 0) is 12.1 Å². The molecule has 1 amide bonds. The van der Waals surface area contributed by atoms with Gasteiger partial charge in [0.15, 0.2) is 6.29 Å². The van der Waals surface area contributed by atoms with E-state index in [1.165, 1.54) is 11.6 Å². The molecule has 6 nitrogen and oxygen atoms in total. The molecule has 0 radical (unpaired) electrons. The molecular formula is C15H14N4O2. The van der Waals surface area contributed by atoms with Crippen LogP contribution in [0.25, 0.3) is 11.3 Å². The topological polar surface area (TPSA) is 90.0 Å². The molecule has 0 aliphatic heterocycles. The minimum atomic E-state index is -0.154. The molecule has 0 fully saturated rings. The molecule has 0 aliphatic rings. The van der Waals surface area contributed by atoms with Crippen LogP contribution in [0.3, 0.4) is 0 Å². The van der Waals surface area contributed by atoms with Crippen molar-refractivity contribution in [1.82, 2.24) is 9.78 Å². The summed E-state index contributed by atoms with van der Waals surface area (Å²) in [5.74, 6) is 2.51. The van der Waals surface area contributed by atoms with Crippen LogP contribution < -0.4 is 11.1 Å². The number of carbonyl (C=O) groups is 2. The van der Waals surface area contributed by atoms with Crippen LogP contribution in [-0.4, -0.2) is 22.0 Å². The summed E-state index contributed by atoms with van der Waals surface area (Å²) in [6.45, 7) is 1.62. The van der Waals surface area contributed by atoms with Gasteiger partial charge in [0.05, 0.1) is 5.56 Å². The third-order valence-corrected chi connectivity index (χ3v) is 2.87. The van der Waals surface area contributed by atoms with E-state index in [-0.39, 0.29) is 18.3 Å². The Balaban J connectivity index is 2.42. The highest BCUT2D eigenvalue weighted by Crippen LogP contribution is 2.26. The van der Waals surface area contributed by atoms with Crippen LogP contribution in [0.1, 0.15) is 17.3 Å². The van der Waals surface area contributed by atoms with E-state index in [0.29, 0.717) is 28.8 Å². The van der Waals surface area contributed by atoms with Gasteiger partial charge < -0.3 is 11.1 Å². The summed E-state index contributed by atoms with van der Waals surface area (Å²) in [6, 6.07) is 6.95. The highest BCUT2D eigenvalue weighted by Gasteiger charge is 2.16. The molecule has 2 rings (SSSR count). The molecule has 0 unspecified atom stereocenters. The number of hydrogen-bond acceptors (Lipinski definition) is 4. The van der Waals surface area contributed by atoms with Gasteiger partial charge in [0.1, 0.15) is 18.1 Å². The molecule has 1 aromatic heterocycles. The molecule has 2 aromatic rings. The quantitative estimate of drug-likeness (QED) is 0.657. The lowest BCUT2D eigenvalue weighted by molar-refractivity contribution is -0.114. The molecule has 0 saturated heterocycles. The first-order valence-corrected chi connectivity index (χ1v) is 6.19. The predicted molar refractivity (Wildman–Crippen MR) is 80.6 cm³/mol. The lowest BCUT2D eigenvalue weighted by Gasteiger charge is -2.03. The van der Waals surface area contributed by atoms with Gasteiger partial charge in [0.2, 0.25) is 5.91 Å². The largest absolute Gasteiger partial charge is 0.383 e. The Hall–Kier alpha value is -3.07. The standard InChI is InChI=1S/C15H14N4O2/c1-3-8-19-15(16)13(9-20)14(18-19)11-4-6-12(7-5-11)17-10(2)21/h1,4-7,9H,8,16H2,2H3,(H,17,21). The summed E-state index contributed by atoms with van der Waals surface area (Å²) in [5.41, 5.74) is 8.00. The minimum Gasteiger partial charge on any atom is -0.383 e. The van der Waals surface area contributed by atoms with Crippen molar-refractivity contribution in [2.75, 3.05) is 11.1 Å². The number of hydrogen-bond donors (Lipinski definition) is 2. The van der Waals surface area contributed by atoms with Gasteiger partial charge in [-0.1, -0.05) is 18.1 Å². The molecule has 0 aliphatic carbocycles. The smallest absolute Gasteiger partial charge is 0.221 e. The number of amides is 1. The normalized spacial score (nSPS) is 9.90. The number of terminal acetylenes is 1. The number of nitrogens with one attached hydrogen (secondary N) is 1. The van der Waals surface area contributed by atoms with Crippen molar-refractivity contribution in [2.24, 2.45) is 0 Å². The zero-order chi connectivity index (χ0) is 15.4. The van der Waals surface area contributed by atoms with Gasteiger partial charge in [-0.3, -0.25) is 9.59 Å². The van der Waals surface area contributed by atoms with Gasteiger partial charge >= 0.3 is 0 Å². The van der Waals surface area contributed by atoms with Crippen LogP contribution >= 0.6 is 0 Å². The average Bonchev–Trinajstić information content (AvgIpc) is 2.76. The lowest BCUT2D eigenvalue weighted by Crippen LogP contribution is -2.05. The van der Waals surface area contributed by atoms with Crippen LogP contribution in [0.4, 0.5) is 11.5 Å². The highest BCUT2D eigenvalue weighted by atomic mass is 16.1. The van der Waals surface area contributed by atoms with Crippen molar-refractivity contribution >= 4 is 23.7 Å². The van der Waals surface area contributed by atoms with Crippen LogP contribution in [0.15, 0.2) is 24.3 Å². The summed E-state index contributed by atoms with van der Waals surface area (Å²) < 4.78 is 1.40. The summed E-state index contributed by atoms with van der Waals surface area (Å²) in [6.07, 6.45) is 5.90. The van der Waals surface area contributed by atoms with Crippen molar-refractivity contribution in [1.29, 1.82) is 0 Å². The Labute approximate surface area is 121 Å². The maximum atomic E-state index is 11.2. The maximum Gasteiger partial charge on any atom is 0.221 e. The molecule has 1 aromatic carbocycles. The molecule has 0 atom stereocenters. The molecule has 106 valence electrons. The molecule has 0 spiro atoms. The van der Waals surface area contributed by atoms with E-state index in [1.54, 1.807) is 24.3 Å². The van der Waals surface area contributed by atoms with E-state index in [2.05, 4.69) is 16.3 Å². The number of nitrogen functional groups attached to an aromatic ring is 1. The summed E-state index contributed by atoms with van der Waals surface area (Å²) in [5, 5.41) is 6.93. The fourth-order valence-electron chi connectivity index (χ4n) is 1.94. The van der Waals surface area contributed by atoms with Crippen LogP contribution in [0.5, 0.6) is 0 Å². The van der Waals surface area contributed by atoms with E-state index >= 15 is 0 Å². The van der Waals surface area contributed by atoms with Crippen molar-refractivity contribution in [3.8, 4) is 23.6 Å². The fourth-order valence-corrected chi connectivity index (χ4v) is 1.94. The number of benzene rings is 1. The van der Waals surface area contributed by atoms with E-state index in [0.717, 1.165) is 0 Å². The number of aromatic nitrogens is 2. The first-order chi connectivity index (χ1) is 10.1. The summed E-state index contributed by atoms with van der Waals surface area (Å²) in [7, 11) is 0. The summed E-state index contributed by atoms with van der Waals surface area (Å²) in [4.78, 5) is 22.2. The Bertz CT molecular complexity index is 723. The second-order valence-electron chi connectivity index (χ2n) is 4.39. The Morgan fingerprint density at radius 1 is 1.48 bits per heavy atom. The summed E-state index contributed by atoms with van der Waals surface area (Å²) >= 11 is 0. The number of carbonyl (C=O) groups excluding carboxylic acids is 2. The number of nitrogens with zero attached hydrogens (tertiary/aromatic N) is 2. The average molecular weight is 282 g/mol. The molecule has 6 heteroatoms. The number of anilines is 2. The SMILES string of the molecule is C#CCn1nc(-c2ccc(NC(C)=O)cc2)c(C=O)c1N. The third kappa shape index (κ3) is 2.92. The molecular weight excluding hydrogens is 268 g/mol.